The predicted octanol–water partition coefficient (Wildman–Crippen LogP) is 8.12. The standard InChI is InChI=1S/C19H15BrN4O2S.C12H7BrClN3/c1-27(25,26)15-9-7-14(8-10-15)22-18-19-21-11-17(20)24(19)12-16(23-18)13-5-3-2-4-6-13;13-10-6-15-12-11(14)16-9(7-17(10)12)8-4-2-1-3-5-8/h2-12H,1H3,(H,22,23);1-7H. The van der Waals surface area contributed by atoms with Crippen LogP contribution >= 0.6 is 43.5 Å². The molecule has 7 rings (SSSR count). The molecule has 0 atom stereocenters. The minimum absolute atomic E-state index is 0.271. The number of nitrogens with one attached hydrogen (secondary N) is 1. The minimum atomic E-state index is -3.23. The quantitative estimate of drug-likeness (QED) is 0.189. The van der Waals surface area contributed by atoms with Crippen molar-refractivity contribution in [3.63, 3.8) is 0 Å². The Morgan fingerprint density at radius 1 is 0.705 bits per heavy atom. The van der Waals surface area contributed by atoms with E-state index < -0.39 is 9.84 Å². The van der Waals surface area contributed by atoms with E-state index in [1.165, 1.54) is 6.26 Å². The van der Waals surface area contributed by atoms with Crippen molar-refractivity contribution < 1.29 is 8.42 Å². The number of hydrogen-bond donors (Lipinski definition) is 1. The molecule has 0 bridgehead atoms. The molecule has 0 saturated carbocycles. The fourth-order valence-corrected chi connectivity index (χ4v) is 5.99. The maximum absolute atomic E-state index is 11.6. The van der Waals surface area contributed by atoms with Gasteiger partial charge in [-0.05, 0) is 56.1 Å². The first kappa shape index (κ1) is 29.9. The summed E-state index contributed by atoms with van der Waals surface area (Å²) in [5.41, 5.74) is 5.65. The van der Waals surface area contributed by atoms with Gasteiger partial charge in [-0.1, -0.05) is 72.3 Å². The highest BCUT2D eigenvalue weighted by Gasteiger charge is 2.13. The first-order chi connectivity index (χ1) is 21.2. The third-order valence-electron chi connectivity index (χ3n) is 6.54. The number of anilines is 2. The van der Waals surface area contributed by atoms with E-state index >= 15 is 0 Å². The van der Waals surface area contributed by atoms with Gasteiger partial charge in [0.15, 0.2) is 32.1 Å². The number of nitrogens with zero attached hydrogens (tertiary/aromatic N) is 6. The zero-order valence-electron chi connectivity index (χ0n) is 22.9. The zero-order chi connectivity index (χ0) is 30.8. The molecule has 1 N–H and O–H groups in total. The Morgan fingerprint density at radius 2 is 1.20 bits per heavy atom. The molecule has 0 aliphatic heterocycles. The Hall–Kier alpha value is -4.10. The number of imidazole rings is 2. The largest absolute Gasteiger partial charge is 0.337 e. The summed E-state index contributed by atoms with van der Waals surface area (Å²) in [6.45, 7) is 0. The molecule has 13 heteroatoms. The first-order valence-corrected chi connectivity index (χ1v) is 16.9. The predicted molar refractivity (Wildman–Crippen MR) is 180 cm³/mol. The molecule has 0 amide bonds. The molecule has 7 aromatic rings. The van der Waals surface area contributed by atoms with Crippen LogP contribution in [0.5, 0.6) is 0 Å². The van der Waals surface area contributed by atoms with E-state index in [1.54, 1.807) is 36.7 Å². The molecule has 0 unspecified atom stereocenters. The van der Waals surface area contributed by atoms with Crippen LogP contribution in [-0.4, -0.2) is 43.4 Å². The Kier molecular flexibility index (Phi) is 8.50. The topological polar surface area (TPSA) is 107 Å². The van der Waals surface area contributed by atoms with Crippen LogP contribution in [0, 0.1) is 0 Å². The van der Waals surface area contributed by atoms with E-state index in [9.17, 15) is 8.42 Å². The van der Waals surface area contributed by atoms with Crippen LogP contribution < -0.4 is 5.32 Å². The summed E-state index contributed by atoms with van der Waals surface area (Å²) in [6, 6.07) is 26.3. The van der Waals surface area contributed by atoms with Crippen molar-refractivity contribution in [2.45, 2.75) is 4.90 Å². The van der Waals surface area contributed by atoms with Gasteiger partial charge in [0.1, 0.15) is 9.21 Å². The summed E-state index contributed by atoms with van der Waals surface area (Å²) < 4.78 is 28.7. The van der Waals surface area contributed by atoms with Crippen LogP contribution in [0.25, 0.3) is 33.8 Å². The lowest BCUT2D eigenvalue weighted by molar-refractivity contribution is 0.602. The lowest BCUT2D eigenvalue weighted by Crippen LogP contribution is -2.01. The number of fused-ring (bicyclic) bond motifs is 2. The van der Waals surface area contributed by atoms with E-state index in [-0.39, 0.29) is 4.90 Å². The average Bonchev–Trinajstić information content (AvgIpc) is 3.60. The van der Waals surface area contributed by atoms with Gasteiger partial charge in [-0.25, -0.2) is 28.4 Å². The normalized spacial score (nSPS) is 11.4. The molecule has 4 heterocycles. The van der Waals surface area contributed by atoms with Gasteiger partial charge in [0, 0.05) is 35.5 Å². The lowest BCUT2D eigenvalue weighted by Gasteiger charge is -2.11. The van der Waals surface area contributed by atoms with Gasteiger partial charge in [-0.15, -0.1) is 0 Å². The second-order valence-electron chi connectivity index (χ2n) is 9.59. The van der Waals surface area contributed by atoms with Crippen LogP contribution in [0.1, 0.15) is 0 Å². The Labute approximate surface area is 274 Å². The van der Waals surface area contributed by atoms with Crippen molar-refractivity contribution in [2.75, 3.05) is 11.6 Å². The molecule has 0 radical (unpaired) electrons. The van der Waals surface area contributed by atoms with E-state index in [2.05, 4.69) is 52.1 Å². The number of halogens is 3. The van der Waals surface area contributed by atoms with Gasteiger partial charge in [-0.3, -0.25) is 8.80 Å². The smallest absolute Gasteiger partial charge is 0.181 e. The lowest BCUT2D eigenvalue weighted by atomic mass is 10.2. The van der Waals surface area contributed by atoms with Crippen molar-refractivity contribution in [2.24, 2.45) is 0 Å². The van der Waals surface area contributed by atoms with Gasteiger partial charge in [0.25, 0.3) is 0 Å². The highest BCUT2D eigenvalue weighted by Crippen LogP contribution is 2.28. The zero-order valence-corrected chi connectivity index (χ0v) is 27.7. The van der Waals surface area contributed by atoms with Crippen molar-refractivity contribution in [1.29, 1.82) is 0 Å². The molecular formula is C31H22Br2ClN7O2S. The second-order valence-corrected chi connectivity index (χ2v) is 13.6. The van der Waals surface area contributed by atoms with E-state index in [0.717, 1.165) is 37.4 Å². The maximum Gasteiger partial charge on any atom is 0.181 e. The van der Waals surface area contributed by atoms with E-state index in [4.69, 9.17) is 16.6 Å². The van der Waals surface area contributed by atoms with Crippen molar-refractivity contribution in [3.8, 4) is 22.5 Å². The van der Waals surface area contributed by atoms with Gasteiger partial charge < -0.3 is 5.32 Å². The summed E-state index contributed by atoms with van der Waals surface area (Å²) in [5, 5.41) is 3.64. The van der Waals surface area contributed by atoms with Gasteiger partial charge in [0.2, 0.25) is 0 Å². The van der Waals surface area contributed by atoms with Crippen LogP contribution in [0.2, 0.25) is 5.15 Å². The molecule has 9 nitrogen and oxygen atoms in total. The number of hydrogen-bond acceptors (Lipinski definition) is 7. The number of rotatable bonds is 5. The second kappa shape index (κ2) is 12.5. The van der Waals surface area contributed by atoms with Crippen LogP contribution in [0.4, 0.5) is 11.5 Å². The van der Waals surface area contributed by atoms with Gasteiger partial charge >= 0.3 is 0 Å². The third-order valence-corrected chi connectivity index (χ3v) is 9.09. The monoisotopic (exact) mass is 749 g/mol. The highest BCUT2D eigenvalue weighted by atomic mass is 79.9. The summed E-state index contributed by atoms with van der Waals surface area (Å²) in [7, 11) is -3.23. The number of aromatic nitrogens is 6. The molecule has 0 aliphatic rings. The molecule has 0 saturated heterocycles. The number of benzene rings is 3. The molecule has 0 aliphatic carbocycles. The SMILES string of the molecule is CS(=O)(=O)c1ccc(Nc2nc(-c3ccccc3)cn3c(Br)cnc23)cc1.Clc1nc(-c2ccccc2)cn2c(Br)cnc12. The minimum Gasteiger partial charge on any atom is -0.337 e. The highest BCUT2D eigenvalue weighted by molar-refractivity contribution is 9.10. The molecule has 0 fully saturated rings. The molecule has 0 spiro atoms. The molecular weight excluding hydrogens is 730 g/mol. The fourth-order valence-electron chi connectivity index (χ4n) is 4.38. The van der Waals surface area contributed by atoms with Crippen LogP contribution in [0.3, 0.4) is 0 Å². The third kappa shape index (κ3) is 6.39. The summed E-state index contributed by atoms with van der Waals surface area (Å²) >= 11 is 13.0. The molecule has 220 valence electrons. The van der Waals surface area contributed by atoms with Crippen LogP contribution in [0.15, 0.2) is 124 Å². The number of sulfone groups is 1. The molecule has 3 aromatic carbocycles. The van der Waals surface area contributed by atoms with E-state index in [1.807, 2.05) is 81.9 Å². The van der Waals surface area contributed by atoms with Gasteiger partial charge in [0.05, 0.1) is 28.7 Å². The molecule has 4 aromatic heterocycles. The summed E-state index contributed by atoms with van der Waals surface area (Å²) in [6.07, 6.45) is 8.43. The summed E-state index contributed by atoms with van der Waals surface area (Å²) in [4.78, 5) is 17.9. The Balaban J connectivity index is 0.000000173. The van der Waals surface area contributed by atoms with Crippen molar-refractivity contribution in [3.05, 3.63) is 124 Å². The maximum atomic E-state index is 11.6. The van der Waals surface area contributed by atoms with Crippen LogP contribution in [-0.2, 0) is 9.84 Å². The van der Waals surface area contributed by atoms with Crippen molar-refractivity contribution in [1.82, 2.24) is 28.7 Å². The molecule has 44 heavy (non-hydrogen) atoms. The Bertz CT molecular complexity index is 2210. The first-order valence-electron chi connectivity index (χ1n) is 13.1. The Morgan fingerprint density at radius 3 is 1.75 bits per heavy atom. The van der Waals surface area contributed by atoms with Crippen molar-refractivity contribution >= 4 is 76.1 Å². The van der Waals surface area contributed by atoms with E-state index in [0.29, 0.717) is 22.3 Å². The summed E-state index contributed by atoms with van der Waals surface area (Å²) in [5.74, 6) is 0.578. The van der Waals surface area contributed by atoms with Gasteiger partial charge in [-0.2, -0.15) is 0 Å². The average molecular weight is 752 g/mol. The fraction of sp³-hybridized carbons (Fsp3) is 0.0323.